The van der Waals surface area contributed by atoms with Gasteiger partial charge in [-0.3, -0.25) is 14.2 Å². The van der Waals surface area contributed by atoms with Gasteiger partial charge < -0.3 is 19.9 Å². The van der Waals surface area contributed by atoms with Crippen LogP contribution >= 0.6 is 11.8 Å². The summed E-state index contributed by atoms with van der Waals surface area (Å²) in [5.74, 6) is 1.09. The second-order valence-corrected chi connectivity index (χ2v) is 8.85. The molecular formula is C24H26N4O5S. The van der Waals surface area contributed by atoms with Crippen molar-refractivity contribution in [3.8, 4) is 22.9 Å². The van der Waals surface area contributed by atoms with Gasteiger partial charge in [-0.25, -0.2) is 0 Å². The Morgan fingerprint density at radius 3 is 2.71 bits per heavy atom. The van der Waals surface area contributed by atoms with E-state index in [0.717, 1.165) is 25.0 Å². The number of hydrogen-bond acceptors (Lipinski definition) is 8. The largest absolute Gasteiger partial charge is 0.508 e. The molecule has 1 aliphatic heterocycles. The van der Waals surface area contributed by atoms with Crippen LogP contribution in [0, 0.1) is 0 Å². The van der Waals surface area contributed by atoms with E-state index >= 15 is 0 Å². The molecule has 34 heavy (non-hydrogen) atoms. The number of phenolic OH excluding ortho intramolecular Hbond substituents is 1. The summed E-state index contributed by atoms with van der Waals surface area (Å²) in [6, 6.07) is 11.7. The number of ether oxygens (including phenoxy) is 2. The number of rotatable bonds is 9. The topological polar surface area (TPSA) is 116 Å². The van der Waals surface area contributed by atoms with Crippen molar-refractivity contribution in [1.82, 2.24) is 14.8 Å². The molecule has 2 N–H and O–H groups in total. The van der Waals surface area contributed by atoms with Crippen LogP contribution in [-0.4, -0.2) is 57.1 Å². The molecule has 0 radical (unpaired) electrons. The van der Waals surface area contributed by atoms with Crippen molar-refractivity contribution in [2.75, 3.05) is 24.8 Å². The van der Waals surface area contributed by atoms with Crippen LogP contribution in [0.2, 0.25) is 0 Å². The predicted molar refractivity (Wildman–Crippen MR) is 128 cm³/mol. The molecule has 1 fully saturated rings. The molecule has 1 aromatic heterocycles. The quantitative estimate of drug-likeness (QED) is 0.350. The van der Waals surface area contributed by atoms with Gasteiger partial charge >= 0.3 is 0 Å². The fourth-order valence-corrected chi connectivity index (χ4v) is 4.59. The number of carbonyl (C=O) groups is 2. The highest BCUT2D eigenvalue weighted by Crippen LogP contribution is 2.29. The molecule has 2 heterocycles. The van der Waals surface area contributed by atoms with E-state index < -0.39 is 0 Å². The molecule has 9 nitrogen and oxygen atoms in total. The maximum Gasteiger partial charge on any atom is 0.221 e. The van der Waals surface area contributed by atoms with Gasteiger partial charge in [0, 0.05) is 24.7 Å². The third-order valence-corrected chi connectivity index (χ3v) is 6.39. The molecule has 0 bridgehead atoms. The molecular weight excluding hydrogens is 456 g/mol. The van der Waals surface area contributed by atoms with E-state index in [4.69, 9.17) is 9.47 Å². The number of aromatic hydroxyl groups is 1. The molecule has 0 saturated carbocycles. The molecule has 0 spiro atoms. The zero-order chi connectivity index (χ0) is 24.1. The van der Waals surface area contributed by atoms with E-state index in [1.54, 1.807) is 42.5 Å². The van der Waals surface area contributed by atoms with Crippen LogP contribution in [0.3, 0.4) is 0 Å². The number of phenols is 1. The van der Waals surface area contributed by atoms with Crippen molar-refractivity contribution in [2.24, 2.45) is 0 Å². The number of carbonyl (C=O) groups excluding carboxylic acids is 2. The predicted octanol–water partition coefficient (Wildman–Crippen LogP) is 3.77. The first-order chi connectivity index (χ1) is 16.4. The van der Waals surface area contributed by atoms with Gasteiger partial charge in [0.15, 0.2) is 16.8 Å². The van der Waals surface area contributed by atoms with E-state index in [0.29, 0.717) is 34.5 Å². The highest BCUT2D eigenvalue weighted by molar-refractivity contribution is 7.99. The molecule has 178 valence electrons. The molecule has 0 aliphatic carbocycles. The number of benzene rings is 2. The Bertz CT molecular complexity index is 1170. The maximum atomic E-state index is 12.9. The van der Waals surface area contributed by atoms with Crippen molar-refractivity contribution < 1.29 is 24.2 Å². The first kappa shape index (κ1) is 23.8. The third-order valence-electron chi connectivity index (χ3n) is 5.42. The van der Waals surface area contributed by atoms with Crippen LogP contribution in [0.5, 0.6) is 11.5 Å². The zero-order valence-electron chi connectivity index (χ0n) is 19.0. The molecule has 2 aromatic carbocycles. The van der Waals surface area contributed by atoms with Gasteiger partial charge in [0.25, 0.3) is 0 Å². The smallest absolute Gasteiger partial charge is 0.221 e. The van der Waals surface area contributed by atoms with Gasteiger partial charge in [-0.05, 0) is 55.3 Å². The molecule has 3 aromatic rings. The molecule has 1 saturated heterocycles. The number of nitrogens with one attached hydrogen (secondary N) is 1. The number of hydrogen-bond donors (Lipinski definition) is 2. The van der Waals surface area contributed by atoms with Crippen molar-refractivity contribution in [2.45, 2.75) is 37.6 Å². The van der Waals surface area contributed by atoms with E-state index in [1.165, 1.54) is 25.8 Å². The number of aromatic nitrogens is 3. The molecule has 1 atom stereocenters. The average Bonchev–Trinajstić information content (AvgIpc) is 3.48. The maximum absolute atomic E-state index is 12.9. The number of thioether (sulfide) groups is 1. The summed E-state index contributed by atoms with van der Waals surface area (Å²) in [6.07, 6.45) is 2.03. The lowest BCUT2D eigenvalue weighted by Gasteiger charge is -2.15. The van der Waals surface area contributed by atoms with Crippen LogP contribution in [0.1, 0.15) is 30.1 Å². The Labute approximate surface area is 201 Å². The minimum atomic E-state index is -0.219. The van der Waals surface area contributed by atoms with Gasteiger partial charge in [-0.1, -0.05) is 11.8 Å². The lowest BCUT2D eigenvalue weighted by atomic mass is 10.1. The van der Waals surface area contributed by atoms with E-state index in [1.807, 2.05) is 4.57 Å². The van der Waals surface area contributed by atoms with Crippen LogP contribution in [0.4, 0.5) is 5.69 Å². The fraction of sp³-hybridized carbons (Fsp3) is 0.333. The molecule has 1 amide bonds. The summed E-state index contributed by atoms with van der Waals surface area (Å²) in [6.45, 7) is 2.73. The monoisotopic (exact) mass is 482 g/mol. The third kappa shape index (κ3) is 5.57. The Hall–Kier alpha value is -3.37. The number of methoxy groups -OCH3 is 1. The second kappa shape index (κ2) is 10.7. The van der Waals surface area contributed by atoms with Gasteiger partial charge in [0.1, 0.15) is 11.5 Å². The van der Waals surface area contributed by atoms with E-state index in [-0.39, 0.29) is 29.3 Å². The fourth-order valence-electron chi connectivity index (χ4n) is 3.75. The Morgan fingerprint density at radius 1 is 1.24 bits per heavy atom. The lowest BCUT2D eigenvalue weighted by molar-refractivity contribution is -0.114. The van der Waals surface area contributed by atoms with Crippen LogP contribution in [0.15, 0.2) is 47.6 Å². The average molecular weight is 483 g/mol. The minimum Gasteiger partial charge on any atom is -0.508 e. The molecule has 1 aliphatic rings. The molecule has 0 unspecified atom stereocenters. The van der Waals surface area contributed by atoms with Crippen LogP contribution in [0.25, 0.3) is 11.4 Å². The SMILES string of the molecule is COc1cc(C(=O)CSc2nnc(-c3ccc(O)cc3)n2C[C@H]2CCCO2)ccc1NC(C)=O. The number of anilines is 1. The Morgan fingerprint density at radius 2 is 2.03 bits per heavy atom. The standard InChI is InChI=1S/C24H26N4O5S/c1-15(29)25-20-10-7-17(12-22(20)32-2)21(31)14-34-24-27-26-23(16-5-8-18(30)9-6-16)28(24)13-19-4-3-11-33-19/h5-10,12,19,30H,3-4,11,13-14H2,1-2H3,(H,25,29)/t19-/m1/s1. The summed E-state index contributed by atoms with van der Waals surface area (Å²) >= 11 is 1.30. The Kier molecular flexibility index (Phi) is 7.49. The zero-order valence-corrected chi connectivity index (χ0v) is 19.8. The van der Waals surface area contributed by atoms with E-state index in [2.05, 4.69) is 15.5 Å². The number of Topliss-reactive ketones (excluding diaryl/α,β-unsaturated/α-hetero) is 1. The number of nitrogens with zero attached hydrogens (tertiary/aromatic N) is 3. The molecule has 10 heteroatoms. The summed E-state index contributed by atoms with van der Waals surface area (Å²) in [5.41, 5.74) is 1.80. The van der Waals surface area contributed by atoms with Crippen LogP contribution < -0.4 is 10.1 Å². The molecule has 4 rings (SSSR count). The van der Waals surface area contributed by atoms with Crippen molar-refractivity contribution in [1.29, 1.82) is 0 Å². The highest BCUT2D eigenvalue weighted by Gasteiger charge is 2.22. The summed E-state index contributed by atoms with van der Waals surface area (Å²) in [5, 5.41) is 21.6. The van der Waals surface area contributed by atoms with Crippen molar-refractivity contribution in [3.05, 3.63) is 48.0 Å². The van der Waals surface area contributed by atoms with Gasteiger partial charge in [0.2, 0.25) is 5.91 Å². The lowest BCUT2D eigenvalue weighted by Crippen LogP contribution is -2.17. The first-order valence-electron chi connectivity index (χ1n) is 10.9. The van der Waals surface area contributed by atoms with Gasteiger partial charge in [-0.2, -0.15) is 0 Å². The van der Waals surface area contributed by atoms with Gasteiger partial charge in [0.05, 0.1) is 31.2 Å². The number of amides is 1. The van der Waals surface area contributed by atoms with Crippen molar-refractivity contribution >= 4 is 29.1 Å². The minimum absolute atomic E-state index is 0.0625. The highest BCUT2D eigenvalue weighted by atomic mass is 32.2. The van der Waals surface area contributed by atoms with Gasteiger partial charge in [-0.15, -0.1) is 10.2 Å². The Balaban J connectivity index is 1.53. The number of ketones is 1. The van der Waals surface area contributed by atoms with Crippen molar-refractivity contribution in [3.63, 3.8) is 0 Å². The summed E-state index contributed by atoms with van der Waals surface area (Å²) in [7, 11) is 1.49. The van der Waals surface area contributed by atoms with Crippen LogP contribution in [-0.2, 0) is 16.1 Å². The normalized spacial score (nSPS) is 15.3. The van der Waals surface area contributed by atoms with E-state index in [9.17, 15) is 14.7 Å². The summed E-state index contributed by atoms with van der Waals surface area (Å²) in [4.78, 5) is 24.3. The summed E-state index contributed by atoms with van der Waals surface area (Å²) < 4.78 is 13.1. The second-order valence-electron chi connectivity index (χ2n) is 7.91. The first-order valence-corrected chi connectivity index (χ1v) is 11.9.